The Morgan fingerprint density at radius 2 is 2.05 bits per heavy atom. The predicted octanol–water partition coefficient (Wildman–Crippen LogP) is 2.09. The van der Waals surface area contributed by atoms with E-state index in [4.69, 9.17) is 5.11 Å². The summed E-state index contributed by atoms with van der Waals surface area (Å²) in [6, 6.07) is 3.38. The minimum absolute atomic E-state index is 0.228. The highest BCUT2D eigenvalue weighted by atomic mass is 16.4. The third kappa shape index (κ3) is 4.87. The van der Waals surface area contributed by atoms with Gasteiger partial charge in [0.15, 0.2) is 0 Å². The molecule has 2 N–H and O–H groups in total. The van der Waals surface area contributed by atoms with Gasteiger partial charge in [-0.3, -0.25) is 0 Å². The van der Waals surface area contributed by atoms with Gasteiger partial charge >= 0.3 is 5.97 Å². The van der Waals surface area contributed by atoms with E-state index < -0.39 is 5.97 Å². The van der Waals surface area contributed by atoms with Crippen LogP contribution < -0.4 is 5.32 Å². The number of carboxylic acid groups (broad SMARTS) is 1. The Kier molecular flexibility index (Phi) is 5.30. The Balaban J connectivity index is 2.92. The van der Waals surface area contributed by atoms with Gasteiger partial charge in [-0.25, -0.2) is 9.78 Å². The Hall–Kier alpha value is -1.62. The zero-order valence-corrected chi connectivity index (χ0v) is 12.3. The summed E-state index contributed by atoms with van der Waals surface area (Å²) in [4.78, 5) is 17.5. The smallest absolute Gasteiger partial charge is 0.335 e. The fourth-order valence-corrected chi connectivity index (χ4v) is 1.87. The van der Waals surface area contributed by atoms with Crippen molar-refractivity contribution in [1.29, 1.82) is 0 Å². The molecule has 1 aromatic heterocycles. The van der Waals surface area contributed by atoms with Gasteiger partial charge in [-0.05, 0) is 39.1 Å². The van der Waals surface area contributed by atoms with Gasteiger partial charge in [0, 0.05) is 18.3 Å². The molecule has 5 nitrogen and oxygen atoms in total. The number of carboxylic acids is 1. The molecule has 0 aliphatic carbocycles. The van der Waals surface area contributed by atoms with Gasteiger partial charge in [0.25, 0.3) is 0 Å². The molecule has 0 saturated carbocycles. The topological polar surface area (TPSA) is 65.5 Å². The van der Waals surface area contributed by atoms with Gasteiger partial charge in [-0.2, -0.15) is 0 Å². The molecule has 1 atom stereocenters. The van der Waals surface area contributed by atoms with Gasteiger partial charge in [0.05, 0.1) is 5.56 Å². The van der Waals surface area contributed by atoms with Crippen molar-refractivity contribution < 1.29 is 9.90 Å². The maximum atomic E-state index is 11.0. The first-order valence-corrected chi connectivity index (χ1v) is 6.43. The number of rotatable bonds is 6. The summed E-state index contributed by atoms with van der Waals surface area (Å²) >= 11 is 0. The van der Waals surface area contributed by atoms with E-state index in [2.05, 4.69) is 29.0 Å². The normalized spacial score (nSPS) is 12.8. The number of aromatic nitrogens is 1. The van der Waals surface area contributed by atoms with Gasteiger partial charge in [0.2, 0.25) is 0 Å². The van der Waals surface area contributed by atoms with Crippen LogP contribution in [-0.2, 0) is 0 Å². The van der Waals surface area contributed by atoms with Gasteiger partial charge in [0.1, 0.15) is 5.82 Å². The zero-order chi connectivity index (χ0) is 14.6. The maximum Gasteiger partial charge on any atom is 0.335 e. The third-order valence-corrected chi connectivity index (χ3v) is 2.90. The first-order valence-electron chi connectivity index (χ1n) is 6.43. The van der Waals surface area contributed by atoms with Crippen LogP contribution in [0.5, 0.6) is 0 Å². The van der Waals surface area contributed by atoms with E-state index in [1.54, 1.807) is 19.1 Å². The van der Waals surface area contributed by atoms with Crippen LogP contribution in [0, 0.1) is 12.8 Å². The van der Waals surface area contributed by atoms with Gasteiger partial charge in [-0.1, -0.05) is 13.8 Å². The summed E-state index contributed by atoms with van der Waals surface area (Å²) in [6.45, 7) is 6.94. The Labute approximate surface area is 114 Å². The largest absolute Gasteiger partial charge is 0.478 e. The van der Waals surface area contributed by atoms with Crippen LogP contribution in [0.1, 0.15) is 29.9 Å². The minimum atomic E-state index is -0.928. The summed E-state index contributed by atoms with van der Waals surface area (Å²) in [5, 5.41) is 12.4. The van der Waals surface area contributed by atoms with Gasteiger partial charge in [-0.15, -0.1) is 0 Å². The first kappa shape index (κ1) is 15.4. The highest BCUT2D eigenvalue weighted by Crippen LogP contribution is 2.14. The predicted molar refractivity (Wildman–Crippen MR) is 76.7 cm³/mol. The molecule has 1 rings (SSSR count). The van der Waals surface area contributed by atoms with Crippen molar-refractivity contribution in [3.8, 4) is 0 Å². The van der Waals surface area contributed by atoms with Crippen LogP contribution in [0.15, 0.2) is 12.1 Å². The summed E-state index contributed by atoms with van der Waals surface area (Å²) in [6.07, 6.45) is 0. The van der Waals surface area contributed by atoms with Crippen LogP contribution in [-0.4, -0.2) is 47.6 Å². The molecule has 1 unspecified atom stereocenters. The van der Waals surface area contributed by atoms with Crippen molar-refractivity contribution in [3.05, 3.63) is 23.4 Å². The lowest BCUT2D eigenvalue weighted by Gasteiger charge is -2.26. The summed E-state index contributed by atoms with van der Waals surface area (Å²) in [5.41, 5.74) is 0.970. The van der Waals surface area contributed by atoms with E-state index in [0.29, 0.717) is 17.4 Å². The standard InChI is InChI=1S/C14H23N3O2/c1-9(2)12(8-17(4)5)16-13-7-11(14(18)19)6-10(3)15-13/h6-7,9,12H,8H2,1-5H3,(H,15,16)(H,18,19). The van der Waals surface area contributed by atoms with E-state index in [1.165, 1.54) is 0 Å². The van der Waals surface area contributed by atoms with Crippen molar-refractivity contribution in [2.75, 3.05) is 26.0 Å². The second kappa shape index (κ2) is 6.52. The SMILES string of the molecule is Cc1cc(C(=O)O)cc(NC(CN(C)C)C(C)C)n1. The molecule has 0 saturated heterocycles. The highest BCUT2D eigenvalue weighted by molar-refractivity contribution is 5.88. The quantitative estimate of drug-likeness (QED) is 0.824. The van der Waals surface area contributed by atoms with Crippen LogP contribution in [0.3, 0.4) is 0 Å². The lowest BCUT2D eigenvalue weighted by atomic mass is 10.0. The molecule has 0 radical (unpaired) electrons. The fourth-order valence-electron chi connectivity index (χ4n) is 1.87. The third-order valence-electron chi connectivity index (χ3n) is 2.90. The fraction of sp³-hybridized carbons (Fsp3) is 0.571. The van der Waals surface area contributed by atoms with E-state index in [0.717, 1.165) is 6.54 Å². The lowest BCUT2D eigenvalue weighted by molar-refractivity contribution is 0.0696. The molecule has 0 spiro atoms. The average Bonchev–Trinajstić information content (AvgIpc) is 2.26. The highest BCUT2D eigenvalue weighted by Gasteiger charge is 2.16. The van der Waals surface area contributed by atoms with Crippen molar-refractivity contribution in [3.63, 3.8) is 0 Å². The maximum absolute atomic E-state index is 11.0. The molecule has 0 aromatic carbocycles. The van der Waals surface area contributed by atoms with Crippen LogP contribution in [0.25, 0.3) is 0 Å². The molecular weight excluding hydrogens is 242 g/mol. The number of pyridine rings is 1. The van der Waals surface area contributed by atoms with E-state index in [9.17, 15) is 4.79 Å². The van der Waals surface area contributed by atoms with Crippen LogP contribution in [0.4, 0.5) is 5.82 Å². The molecule has 0 aliphatic rings. The van der Waals surface area contributed by atoms with Gasteiger partial charge < -0.3 is 15.3 Å². The second-order valence-corrected chi connectivity index (χ2v) is 5.44. The number of nitrogens with one attached hydrogen (secondary N) is 1. The summed E-state index contributed by atoms with van der Waals surface area (Å²) in [5.74, 6) is 0.123. The number of aromatic carboxylic acids is 1. The number of hydrogen-bond donors (Lipinski definition) is 2. The number of hydrogen-bond acceptors (Lipinski definition) is 4. The van der Waals surface area contributed by atoms with E-state index in [-0.39, 0.29) is 11.6 Å². The second-order valence-electron chi connectivity index (χ2n) is 5.44. The number of carbonyl (C=O) groups is 1. The monoisotopic (exact) mass is 265 g/mol. The first-order chi connectivity index (χ1) is 8.79. The van der Waals surface area contributed by atoms with Crippen molar-refractivity contribution in [2.24, 2.45) is 5.92 Å². The zero-order valence-electron chi connectivity index (χ0n) is 12.3. The molecule has 1 aromatic rings. The molecule has 1 heterocycles. The molecule has 0 aliphatic heterocycles. The molecule has 0 amide bonds. The molecule has 0 fully saturated rings. The Bertz CT molecular complexity index is 444. The molecule has 106 valence electrons. The van der Waals surface area contributed by atoms with Crippen LogP contribution >= 0.6 is 0 Å². The Morgan fingerprint density at radius 3 is 2.53 bits per heavy atom. The number of anilines is 1. The molecule has 5 heteroatoms. The van der Waals surface area contributed by atoms with Crippen molar-refractivity contribution in [2.45, 2.75) is 26.8 Å². The van der Waals surface area contributed by atoms with Crippen molar-refractivity contribution >= 4 is 11.8 Å². The number of aryl methyl sites for hydroxylation is 1. The molecule has 19 heavy (non-hydrogen) atoms. The van der Waals surface area contributed by atoms with Crippen LogP contribution in [0.2, 0.25) is 0 Å². The number of likely N-dealkylation sites (N-methyl/N-ethyl adjacent to an activating group) is 1. The van der Waals surface area contributed by atoms with E-state index in [1.807, 2.05) is 14.1 Å². The molecule has 0 bridgehead atoms. The van der Waals surface area contributed by atoms with E-state index >= 15 is 0 Å². The minimum Gasteiger partial charge on any atom is -0.478 e. The van der Waals surface area contributed by atoms with Crippen molar-refractivity contribution in [1.82, 2.24) is 9.88 Å². The summed E-state index contributed by atoms with van der Waals surface area (Å²) in [7, 11) is 4.03. The summed E-state index contributed by atoms with van der Waals surface area (Å²) < 4.78 is 0. The number of nitrogens with zero attached hydrogens (tertiary/aromatic N) is 2. The average molecular weight is 265 g/mol. The lowest BCUT2D eigenvalue weighted by Crippen LogP contribution is -2.36. The Morgan fingerprint density at radius 1 is 1.42 bits per heavy atom. The molecular formula is C14H23N3O2.